The Hall–Kier alpha value is -1.15. The molecule has 2 nitrogen and oxygen atoms in total. The number of Topliss-reactive ketones (excluding diaryl/α,β-unsaturated/α-hetero) is 1. The predicted molar refractivity (Wildman–Crippen MR) is 74.6 cm³/mol. The Morgan fingerprint density at radius 1 is 1.28 bits per heavy atom. The van der Waals surface area contributed by atoms with Gasteiger partial charge < -0.3 is 5.73 Å². The Balaban J connectivity index is 1.95. The van der Waals surface area contributed by atoms with Crippen LogP contribution in [-0.2, 0) is 24.1 Å². The highest BCUT2D eigenvalue weighted by Gasteiger charge is 2.15. The normalized spacial score (nSPS) is 15.8. The van der Waals surface area contributed by atoms with Crippen LogP contribution in [0.5, 0.6) is 0 Å². The van der Waals surface area contributed by atoms with Crippen molar-refractivity contribution >= 4 is 5.78 Å². The van der Waals surface area contributed by atoms with Crippen LogP contribution < -0.4 is 5.73 Å². The summed E-state index contributed by atoms with van der Waals surface area (Å²) in [4.78, 5) is 11.9. The van der Waals surface area contributed by atoms with Crippen molar-refractivity contribution in [3.8, 4) is 0 Å². The van der Waals surface area contributed by atoms with Crippen LogP contribution in [0.4, 0.5) is 0 Å². The van der Waals surface area contributed by atoms with E-state index in [1.54, 1.807) is 0 Å². The van der Waals surface area contributed by atoms with Gasteiger partial charge in [-0.3, -0.25) is 4.79 Å². The molecule has 1 aliphatic rings. The monoisotopic (exact) mass is 245 g/mol. The lowest BCUT2D eigenvalue weighted by molar-refractivity contribution is -0.118. The highest BCUT2D eigenvalue weighted by atomic mass is 16.1. The molecule has 18 heavy (non-hydrogen) atoms. The molecular formula is C16H23NO. The van der Waals surface area contributed by atoms with E-state index in [0.29, 0.717) is 18.8 Å². The number of hydrogen-bond donors (Lipinski definition) is 1. The zero-order valence-corrected chi connectivity index (χ0v) is 11.4. The van der Waals surface area contributed by atoms with E-state index in [2.05, 4.69) is 32.0 Å². The van der Waals surface area contributed by atoms with Crippen molar-refractivity contribution in [1.82, 2.24) is 0 Å². The second-order valence-corrected chi connectivity index (χ2v) is 5.78. The first-order chi connectivity index (χ1) is 8.56. The van der Waals surface area contributed by atoms with Gasteiger partial charge in [0.25, 0.3) is 0 Å². The number of ketones is 1. The van der Waals surface area contributed by atoms with E-state index in [1.165, 1.54) is 30.4 Å². The van der Waals surface area contributed by atoms with Gasteiger partial charge in [0.15, 0.2) is 0 Å². The molecule has 0 radical (unpaired) electrons. The lowest BCUT2D eigenvalue weighted by Crippen LogP contribution is -2.29. The first-order valence-electron chi connectivity index (χ1n) is 6.94. The lowest BCUT2D eigenvalue weighted by atomic mass is 9.96. The first-order valence-corrected chi connectivity index (χ1v) is 6.94. The minimum atomic E-state index is -0.00747. The maximum atomic E-state index is 11.9. The summed E-state index contributed by atoms with van der Waals surface area (Å²) in [7, 11) is 0. The van der Waals surface area contributed by atoms with Gasteiger partial charge >= 0.3 is 0 Å². The topological polar surface area (TPSA) is 43.1 Å². The third kappa shape index (κ3) is 3.20. The fraction of sp³-hybridized carbons (Fsp3) is 0.562. The zero-order valence-electron chi connectivity index (χ0n) is 11.4. The second kappa shape index (κ2) is 5.66. The standard InChI is InChI=1S/C16H23NO/c1-11(2)16(17)10-15(18)9-12-6-7-13-4-3-5-14(13)8-12/h6-8,11,16H,3-5,9-10,17H2,1-2H3. The van der Waals surface area contributed by atoms with Gasteiger partial charge in [-0.2, -0.15) is 0 Å². The Bertz CT molecular complexity index is 437. The van der Waals surface area contributed by atoms with E-state index in [-0.39, 0.29) is 11.8 Å². The Morgan fingerprint density at radius 3 is 2.72 bits per heavy atom. The van der Waals surface area contributed by atoms with Gasteiger partial charge in [0.05, 0.1) is 0 Å². The molecule has 1 aliphatic carbocycles. The lowest BCUT2D eigenvalue weighted by Gasteiger charge is -2.14. The number of fused-ring (bicyclic) bond motifs is 1. The maximum absolute atomic E-state index is 11.9. The highest BCUT2D eigenvalue weighted by Crippen LogP contribution is 2.23. The van der Waals surface area contributed by atoms with E-state index < -0.39 is 0 Å². The van der Waals surface area contributed by atoms with Gasteiger partial charge in [-0.05, 0) is 41.9 Å². The Kier molecular flexibility index (Phi) is 4.18. The fourth-order valence-corrected chi connectivity index (χ4v) is 2.53. The minimum Gasteiger partial charge on any atom is -0.327 e. The molecule has 2 heteroatoms. The SMILES string of the molecule is CC(C)C(N)CC(=O)Cc1ccc2c(c1)CCC2. The molecule has 1 unspecified atom stereocenters. The molecule has 2 N–H and O–H groups in total. The third-order valence-corrected chi connectivity index (χ3v) is 3.88. The average Bonchev–Trinajstić information content (AvgIpc) is 2.75. The molecule has 1 aromatic rings. The van der Waals surface area contributed by atoms with Gasteiger partial charge in [-0.15, -0.1) is 0 Å². The average molecular weight is 245 g/mol. The molecule has 0 saturated heterocycles. The predicted octanol–water partition coefficient (Wildman–Crippen LogP) is 2.66. The van der Waals surface area contributed by atoms with Crippen LogP contribution >= 0.6 is 0 Å². The number of aryl methyl sites for hydroxylation is 2. The van der Waals surface area contributed by atoms with Crippen molar-refractivity contribution in [2.75, 3.05) is 0 Å². The van der Waals surface area contributed by atoms with Crippen LogP contribution in [0.1, 0.15) is 43.4 Å². The summed E-state index contributed by atoms with van der Waals surface area (Å²) in [5.74, 6) is 0.628. The Labute approximate surface area is 110 Å². The Morgan fingerprint density at radius 2 is 2.00 bits per heavy atom. The van der Waals surface area contributed by atoms with Crippen molar-refractivity contribution in [3.63, 3.8) is 0 Å². The van der Waals surface area contributed by atoms with Crippen LogP contribution in [0.25, 0.3) is 0 Å². The smallest absolute Gasteiger partial charge is 0.138 e. The molecule has 0 fully saturated rings. The summed E-state index contributed by atoms with van der Waals surface area (Å²) in [6, 6.07) is 6.49. The summed E-state index contributed by atoms with van der Waals surface area (Å²) in [6.45, 7) is 4.13. The molecule has 0 aliphatic heterocycles. The fourth-order valence-electron chi connectivity index (χ4n) is 2.53. The van der Waals surface area contributed by atoms with Crippen molar-refractivity contribution in [3.05, 3.63) is 34.9 Å². The van der Waals surface area contributed by atoms with Gasteiger partial charge in [0.2, 0.25) is 0 Å². The third-order valence-electron chi connectivity index (χ3n) is 3.88. The summed E-state index contributed by atoms with van der Waals surface area (Å²) in [5.41, 5.74) is 9.99. The number of carbonyl (C=O) groups is 1. The minimum absolute atomic E-state index is 0.00747. The van der Waals surface area contributed by atoms with Gasteiger partial charge in [0, 0.05) is 18.9 Å². The van der Waals surface area contributed by atoms with Crippen molar-refractivity contribution in [2.24, 2.45) is 11.7 Å². The van der Waals surface area contributed by atoms with E-state index in [9.17, 15) is 4.79 Å². The number of nitrogens with two attached hydrogens (primary N) is 1. The molecule has 2 rings (SSSR count). The number of benzene rings is 1. The number of carbonyl (C=O) groups excluding carboxylic acids is 1. The number of hydrogen-bond acceptors (Lipinski definition) is 2. The molecule has 0 heterocycles. The zero-order chi connectivity index (χ0) is 13.1. The summed E-state index contributed by atoms with van der Waals surface area (Å²) in [5, 5.41) is 0. The first kappa shape index (κ1) is 13.3. The molecule has 0 aromatic heterocycles. The highest BCUT2D eigenvalue weighted by molar-refractivity contribution is 5.81. The molecule has 1 aromatic carbocycles. The molecule has 1 atom stereocenters. The van der Waals surface area contributed by atoms with E-state index in [1.807, 2.05) is 0 Å². The van der Waals surface area contributed by atoms with Crippen molar-refractivity contribution in [2.45, 2.75) is 52.0 Å². The van der Waals surface area contributed by atoms with Gasteiger partial charge in [-0.1, -0.05) is 32.0 Å². The molecular weight excluding hydrogens is 222 g/mol. The summed E-state index contributed by atoms with van der Waals surface area (Å²) >= 11 is 0. The molecule has 0 saturated carbocycles. The molecule has 98 valence electrons. The van der Waals surface area contributed by atoms with Crippen LogP contribution in [-0.4, -0.2) is 11.8 Å². The van der Waals surface area contributed by atoms with Gasteiger partial charge in [-0.25, -0.2) is 0 Å². The second-order valence-electron chi connectivity index (χ2n) is 5.78. The van der Waals surface area contributed by atoms with E-state index in [0.717, 1.165) is 5.56 Å². The largest absolute Gasteiger partial charge is 0.327 e. The van der Waals surface area contributed by atoms with Crippen molar-refractivity contribution < 1.29 is 4.79 Å². The van der Waals surface area contributed by atoms with Crippen LogP contribution in [0.15, 0.2) is 18.2 Å². The van der Waals surface area contributed by atoms with Crippen molar-refractivity contribution in [1.29, 1.82) is 0 Å². The van der Waals surface area contributed by atoms with E-state index >= 15 is 0 Å². The quantitative estimate of drug-likeness (QED) is 0.866. The number of rotatable bonds is 5. The van der Waals surface area contributed by atoms with E-state index in [4.69, 9.17) is 5.73 Å². The summed E-state index contributed by atoms with van der Waals surface area (Å²) in [6.07, 6.45) is 4.65. The van der Waals surface area contributed by atoms with Crippen LogP contribution in [0.3, 0.4) is 0 Å². The van der Waals surface area contributed by atoms with Gasteiger partial charge in [0.1, 0.15) is 5.78 Å². The van der Waals surface area contributed by atoms with Crippen LogP contribution in [0, 0.1) is 5.92 Å². The molecule has 0 bridgehead atoms. The molecule has 0 amide bonds. The summed E-state index contributed by atoms with van der Waals surface area (Å²) < 4.78 is 0. The maximum Gasteiger partial charge on any atom is 0.138 e. The van der Waals surface area contributed by atoms with Crippen LogP contribution in [0.2, 0.25) is 0 Å². The molecule has 0 spiro atoms.